The first kappa shape index (κ1) is 17.9. The van der Waals surface area contributed by atoms with E-state index in [1.54, 1.807) is 4.68 Å². The number of aryl methyl sites for hydroxylation is 1. The Kier molecular flexibility index (Phi) is 5.69. The highest BCUT2D eigenvalue weighted by Crippen LogP contribution is 2.23. The molecule has 0 fully saturated rings. The number of anilines is 1. The minimum absolute atomic E-state index is 0.0929. The molecule has 8 heteroatoms. The fourth-order valence-corrected chi connectivity index (χ4v) is 3.47. The smallest absolute Gasteiger partial charge is 0.234 e. The van der Waals surface area contributed by atoms with Crippen molar-refractivity contribution in [2.75, 3.05) is 11.1 Å². The molecule has 0 radical (unpaired) electrons. The van der Waals surface area contributed by atoms with Crippen LogP contribution in [-0.2, 0) is 4.79 Å². The van der Waals surface area contributed by atoms with Gasteiger partial charge in [-0.1, -0.05) is 36.0 Å². The van der Waals surface area contributed by atoms with Crippen LogP contribution < -0.4 is 5.32 Å². The van der Waals surface area contributed by atoms with Crippen LogP contribution in [0.3, 0.4) is 0 Å². The topological polar surface area (TPSA) is 72.7 Å². The van der Waals surface area contributed by atoms with Crippen molar-refractivity contribution in [2.45, 2.75) is 19.0 Å². The fraction of sp³-hybridized carbons (Fsp3) is 0.176. The van der Waals surface area contributed by atoms with Crippen molar-refractivity contribution >= 4 is 45.9 Å². The van der Waals surface area contributed by atoms with Gasteiger partial charge in [-0.15, -0.1) is 5.10 Å². The maximum absolute atomic E-state index is 12.2. The van der Waals surface area contributed by atoms with Crippen molar-refractivity contribution < 1.29 is 4.79 Å². The molecule has 1 aromatic heterocycles. The number of benzene rings is 2. The van der Waals surface area contributed by atoms with Gasteiger partial charge >= 0.3 is 0 Å². The second-order valence-corrected chi connectivity index (χ2v) is 7.51. The Labute approximate surface area is 163 Å². The van der Waals surface area contributed by atoms with Gasteiger partial charge in [-0.2, -0.15) is 4.68 Å². The molecule has 1 heterocycles. The molecular formula is C17H16IN5OS. The molecule has 0 bridgehead atoms. The number of hydrogen-bond acceptors (Lipinski definition) is 5. The lowest BCUT2D eigenvalue weighted by Gasteiger charge is -2.10. The molecule has 0 aliphatic rings. The fourth-order valence-electron chi connectivity index (χ4n) is 2.26. The molecule has 0 aliphatic carbocycles. The third-order valence-corrected chi connectivity index (χ3v) is 5.59. The van der Waals surface area contributed by atoms with E-state index in [1.807, 2.05) is 56.3 Å². The number of para-hydroxylation sites is 1. The van der Waals surface area contributed by atoms with Gasteiger partial charge in [-0.05, 0) is 76.2 Å². The normalized spacial score (nSPS) is 10.7. The van der Waals surface area contributed by atoms with E-state index >= 15 is 0 Å². The van der Waals surface area contributed by atoms with E-state index in [0.29, 0.717) is 5.16 Å². The summed E-state index contributed by atoms with van der Waals surface area (Å²) in [6, 6.07) is 13.6. The lowest BCUT2D eigenvalue weighted by molar-refractivity contribution is -0.113. The second-order valence-electron chi connectivity index (χ2n) is 5.41. The molecule has 0 saturated heterocycles. The largest absolute Gasteiger partial charge is 0.324 e. The molecule has 128 valence electrons. The molecule has 6 nitrogen and oxygen atoms in total. The van der Waals surface area contributed by atoms with Gasteiger partial charge < -0.3 is 5.32 Å². The molecular weight excluding hydrogens is 449 g/mol. The summed E-state index contributed by atoms with van der Waals surface area (Å²) in [5.74, 6) is 0.139. The van der Waals surface area contributed by atoms with Crippen molar-refractivity contribution in [3.63, 3.8) is 0 Å². The van der Waals surface area contributed by atoms with Gasteiger partial charge in [0.15, 0.2) is 0 Å². The zero-order valence-electron chi connectivity index (χ0n) is 13.7. The molecule has 1 amide bonds. The van der Waals surface area contributed by atoms with E-state index in [2.05, 4.69) is 43.4 Å². The SMILES string of the molecule is Cc1cccc(-n2nnnc2SCC(=O)Nc2ccccc2I)c1C. The highest BCUT2D eigenvalue weighted by molar-refractivity contribution is 14.1. The van der Waals surface area contributed by atoms with E-state index in [1.165, 1.54) is 17.3 Å². The molecule has 0 unspecified atom stereocenters. The summed E-state index contributed by atoms with van der Waals surface area (Å²) in [6.07, 6.45) is 0. The average Bonchev–Trinajstić information content (AvgIpc) is 3.06. The Morgan fingerprint density at radius 1 is 1.20 bits per heavy atom. The van der Waals surface area contributed by atoms with Gasteiger partial charge in [0.1, 0.15) is 0 Å². The van der Waals surface area contributed by atoms with E-state index in [0.717, 1.165) is 20.5 Å². The number of halogens is 1. The van der Waals surface area contributed by atoms with Crippen molar-refractivity contribution in [1.82, 2.24) is 20.2 Å². The Morgan fingerprint density at radius 2 is 2.00 bits per heavy atom. The monoisotopic (exact) mass is 465 g/mol. The maximum atomic E-state index is 12.2. The average molecular weight is 465 g/mol. The molecule has 0 spiro atoms. The third kappa shape index (κ3) is 4.18. The number of aromatic nitrogens is 4. The van der Waals surface area contributed by atoms with Crippen LogP contribution in [0.15, 0.2) is 47.6 Å². The summed E-state index contributed by atoms with van der Waals surface area (Å²) in [5.41, 5.74) is 4.01. The standard InChI is InChI=1S/C17H16IN5OS/c1-11-6-5-9-15(12(11)2)23-17(20-21-22-23)25-10-16(24)19-14-8-4-3-7-13(14)18/h3-9H,10H2,1-2H3,(H,19,24). The van der Waals surface area contributed by atoms with Gasteiger partial charge in [-0.3, -0.25) is 4.79 Å². The quantitative estimate of drug-likeness (QED) is 0.461. The first-order valence-electron chi connectivity index (χ1n) is 7.58. The minimum atomic E-state index is -0.0929. The predicted molar refractivity (Wildman–Crippen MR) is 107 cm³/mol. The van der Waals surface area contributed by atoms with E-state index in [4.69, 9.17) is 0 Å². The number of carbonyl (C=O) groups is 1. The van der Waals surface area contributed by atoms with Crippen LogP contribution in [0, 0.1) is 17.4 Å². The van der Waals surface area contributed by atoms with E-state index in [-0.39, 0.29) is 11.7 Å². The van der Waals surface area contributed by atoms with Crippen molar-refractivity contribution in [2.24, 2.45) is 0 Å². The summed E-state index contributed by atoms with van der Waals surface area (Å²) in [7, 11) is 0. The molecule has 1 N–H and O–H groups in total. The van der Waals surface area contributed by atoms with E-state index < -0.39 is 0 Å². The van der Waals surface area contributed by atoms with Crippen molar-refractivity contribution in [3.8, 4) is 5.69 Å². The third-order valence-electron chi connectivity index (χ3n) is 3.73. The number of nitrogens with one attached hydrogen (secondary N) is 1. The summed E-state index contributed by atoms with van der Waals surface area (Å²) in [4.78, 5) is 12.2. The van der Waals surface area contributed by atoms with Gasteiger partial charge in [0, 0.05) is 3.57 Å². The molecule has 3 aromatic rings. The number of thioether (sulfide) groups is 1. The second kappa shape index (κ2) is 7.96. The molecule has 25 heavy (non-hydrogen) atoms. The van der Waals surface area contributed by atoms with Gasteiger partial charge in [-0.25, -0.2) is 0 Å². The zero-order chi connectivity index (χ0) is 17.8. The number of nitrogens with zero attached hydrogens (tertiary/aromatic N) is 4. The van der Waals surface area contributed by atoms with Crippen LogP contribution in [0.2, 0.25) is 0 Å². The molecule has 2 aromatic carbocycles. The first-order chi connectivity index (χ1) is 12.1. The predicted octanol–water partition coefficient (Wildman–Crippen LogP) is 3.61. The first-order valence-corrected chi connectivity index (χ1v) is 9.65. The minimum Gasteiger partial charge on any atom is -0.324 e. The molecule has 3 rings (SSSR count). The van der Waals surface area contributed by atoms with Gasteiger partial charge in [0.05, 0.1) is 17.1 Å². The lowest BCUT2D eigenvalue weighted by Crippen LogP contribution is -2.15. The van der Waals surface area contributed by atoms with Crippen LogP contribution in [-0.4, -0.2) is 31.9 Å². The number of tetrazole rings is 1. The molecule has 0 aliphatic heterocycles. The number of hydrogen-bond donors (Lipinski definition) is 1. The van der Waals surface area contributed by atoms with Gasteiger partial charge in [0.25, 0.3) is 0 Å². The maximum Gasteiger partial charge on any atom is 0.234 e. The number of rotatable bonds is 5. The zero-order valence-corrected chi connectivity index (χ0v) is 16.7. The van der Waals surface area contributed by atoms with Crippen molar-refractivity contribution in [3.05, 3.63) is 57.2 Å². The number of carbonyl (C=O) groups excluding carboxylic acids is 1. The highest BCUT2D eigenvalue weighted by Gasteiger charge is 2.14. The summed E-state index contributed by atoms with van der Waals surface area (Å²) in [5, 5.41) is 15.4. The Bertz CT molecular complexity index is 912. The summed E-state index contributed by atoms with van der Waals surface area (Å²) < 4.78 is 2.67. The molecule has 0 atom stereocenters. The summed E-state index contributed by atoms with van der Waals surface area (Å²) in [6.45, 7) is 4.08. The van der Waals surface area contributed by atoms with Gasteiger partial charge in [0.2, 0.25) is 11.1 Å². The van der Waals surface area contributed by atoms with E-state index in [9.17, 15) is 4.79 Å². The van der Waals surface area contributed by atoms with Crippen LogP contribution in [0.5, 0.6) is 0 Å². The van der Waals surface area contributed by atoms with Crippen LogP contribution >= 0.6 is 34.4 Å². The lowest BCUT2D eigenvalue weighted by atomic mass is 10.1. The van der Waals surface area contributed by atoms with Crippen LogP contribution in [0.1, 0.15) is 11.1 Å². The number of amides is 1. The van der Waals surface area contributed by atoms with Crippen LogP contribution in [0.4, 0.5) is 5.69 Å². The Hall–Kier alpha value is -1.94. The van der Waals surface area contributed by atoms with Crippen molar-refractivity contribution in [1.29, 1.82) is 0 Å². The molecule has 0 saturated carbocycles. The summed E-state index contributed by atoms with van der Waals surface area (Å²) >= 11 is 3.50. The Balaban J connectivity index is 1.71. The Morgan fingerprint density at radius 3 is 2.80 bits per heavy atom. The van der Waals surface area contributed by atoms with Crippen LogP contribution in [0.25, 0.3) is 5.69 Å². The highest BCUT2D eigenvalue weighted by atomic mass is 127.